The number of aldehydes is 1. The predicted octanol–water partition coefficient (Wildman–Crippen LogP) is 1.56. The van der Waals surface area contributed by atoms with E-state index in [0.717, 1.165) is 11.3 Å². The van der Waals surface area contributed by atoms with Crippen LogP contribution < -0.4 is 5.32 Å². The Morgan fingerprint density at radius 3 is 2.73 bits per heavy atom. The van der Waals surface area contributed by atoms with E-state index < -0.39 is 0 Å². The summed E-state index contributed by atoms with van der Waals surface area (Å²) in [6.45, 7) is 3.24. The summed E-state index contributed by atoms with van der Waals surface area (Å²) in [6, 6.07) is 3.49. The molecule has 0 saturated heterocycles. The zero-order valence-corrected chi connectivity index (χ0v) is 8.65. The highest BCUT2D eigenvalue weighted by molar-refractivity contribution is 5.87. The van der Waals surface area contributed by atoms with Crippen LogP contribution >= 0.6 is 0 Å². The predicted molar refractivity (Wildman–Crippen MR) is 58.4 cm³/mol. The fraction of sp³-hybridized carbons (Fsp3) is 0.182. The Kier molecular flexibility index (Phi) is 3.74. The van der Waals surface area contributed by atoms with Crippen molar-refractivity contribution < 1.29 is 9.59 Å². The number of carbonyl (C=O) groups excluding carboxylic acids is 2. The first kappa shape index (κ1) is 11.1. The van der Waals surface area contributed by atoms with E-state index in [9.17, 15) is 9.59 Å². The Bertz CT molecular complexity index is 411. The number of pyridine rings is 1. The van der Waals surface area contributed by atoms with E-state index in [0.29, 0.717) is 12.1 Å². The molecule has 0 aliphatic rings. The molecule has 0 atom stereocenters. The van der Waals surface area contributed by atoms with Gasteiger partial charge in [-0.25, -0.2) is 4.98 Å². The van der Waals surface area contributed by atoms with Gasteiger partial charge in [0.05, 0.1) is 0 Å². The Morgan fingerprint density at radius 2 is 2.20 bits per heavy atom. The number of nitrogens with one attached hydrogen (secondary N) is 1. The minimum atomic E-state index is -0.155. The molecule has 4 nitrogen and oxygen atoms in total. The first-order valence-corrected chi connectivity index (χ1v) is 4.50. The fourth-order valence-corrected chi connectivity index (χ4v) is 1.14. The first-order chi connectivity index (χ1) is 7.13. The van der Waals surface area contributed by atoms with Gasteiger partial charge in [-0.1, -0.05) is 0 Å². The molecule has 1 heterocycles. The third-order valence-corrected chi connectivity index (χ3v) is 1.79. The lowest BCUT2D eigenvalue weighted by Crippen LogP contribution is -2.08. The van der Waals surface area contributed by atoms with Crippen LogP contribution in [0.15, 0.2) is 18.2 Å². The molecule has 0 saturated carbocycles. The summed E-state index contributed by atoms with van der Waals surface area (Å²) < 4.78 is 0. The summed E-state index contributed by atoms with van der Waals surface area (Å²) in [7, 11) is 0. The first-order valence-electron chi connectivity index (χ1n) is 4.50. The van der Waals surface area contributed by atoms with Gasteiger partial charge in [-0.05, 0) is 36.8 Å². The molecule has 0 aliphatic carbocycles. The Morgan fingerprint density at radius 1 is 1.47 bits per heavy atom. The standard InChI is InChI=1S/C11H12N2O2/c1-8-10(4-3-7-14)5-6-11(12-8)13-9(2)15/h3-7H,1-2H3,(H,12,13,15). The van der Waals surface area contributed by atoms with Crippen LogP contribution in [0.1, 0.15) is 18.2 Å². The van der Waals surface area contributed by atoms with Crippen molar-refractivity contribution in [3.8, 4) is 0 Å². The molecule has 1 aromatic rings. The van der Waals surface area contributed by atoms with Gasteiger partial charge in [-0.2, -0.15) is 0 Å². The van der Waals surface area contributed by atoms with Crippen molar-refractivity contribution in [2.45, 2.75) is 13.8 Å². The number of allylic oxidation sites excluding steroid dienone is 1. The maximum atomic E-state index is 10.8. The zero-order valence-electron chi connectivity index (χ0n) is 8.65. The third-order valence-electron chi connectivity index (χ3n) is 1.79. The van der Waals surface area contributed by atoms with Crippen molar-refractivity contribution in [3.05, 3.63) is 29.5 Å². The number of anilines is 1. The molecule has 0 aromatic carbocycles. The number of carbonyl (C=O) groups is 2. The molecule has 78 valence electrons. The highest BCUT2D eigenvalue weighted by Gasteiger charge is 2.00. The minimum Gasteiger partial charge on any atom is -0.311 e. The monoisotopic (exact) mass is 204 g/mol. The van der Waals surface area contributed by atoms with E-state index in [4.69, 9.17) is 0 Å². The number of nitrogens with zero attached hydrogens (tertiary/aromatic N) is 1. The summed E-state index contributed by atoms with van der Waals surface area (Å²) in [5.74, 6) is 0.362. The number of hydrogen-bond acceptors (Lipinski definition) is 3. The Balaban J connectivity index is 2.92. The average molecular weight is 204 g/mol. The molecule has 1 amide bonds. The molecule has 0 radical (unpaired) electrons. The van der Waals surface area contributed by atoms with Gasteiger partial charge in [-0.15, -0.1) is 0 Å². The van der Waals surface area contributed by atoms with Crippen LogP contribution in [0.2, 0.25) is 0 Å². The molecule has 0 bridgehead atoms. The number of hydrogen-bond donors (Lipinski definition) is 1. The van der Waals surface area contributed by atoms with Crippen LogP contribution in [-0.4, -0.2) is 17.2 Å². The van der Waals surface area contributed by atoms with E-state index >= 15 is 0 Å². The summed E-state index contributed by atoms with van der Waals surface area (Å²) in [5, 5.41) is 2.59. The van der Waals surface area contributed by atoms with Crippen LogP contribution in [0.25, 0.3) is 6.08 Å². The van der Waals surface area contributed by atoms with Gasteiger partial charge in [0.1, 0.15) is 12.1 Å². The molecule has 4 heteroatoms. The second kappa shape index (κ2) is 5.05. The molecule has 1 aromatic heterocycles. The fourth-order valence-electron chi connectivity index (χ4n) is 1.14. The third kappa shape index (κ3) is 3.34. The highest BCUT2D eigenvalue weighted by Crippen LogP contribution is 2.11. The second-order valence-corrected chi connectivity index (χ2v) is 3.05. The van der Waals surface area contributed by atoms with Crippen molar-refractivity contribution in [3.63, 3.8) is 0 Å². The number of amides is 1. The molecule has 0 unspecified atom stereocenters. The Hall–Kier alpha value is -1.97. The number of aromatic nitrogens is 1. The van der Waals surface area contributed by atoms with E-state index in [-0.39, 0.29) is 5.91 Å². The van der Waals surface area contributed by atoms with Crippen LogP contribution in [0, 0.1) is 6.92 Å². The lowest BCUT2D eigenvalue weighted by molar-refractivity contribution is -0.114. The lowest BCUT2D eigenvalue weighted by atomic mass is 10.2. The molecule has 15 heavy (non-hydrogen) atoms. The van der Waals surface area contributed by atoms with Crippen LogP contribution in [-0.2, 0) is 9.59 Å². The molecule has 1 N–H and O–H groups in total. The zero-order chi connectivity index (χ0) is 11.3. The van der Waals surface area contributed by atoms with Gasteiger partial charge in [0, 0.05) is 12.6 Å². The van der Waals surface area contributed by atoms with Crippen LogP contribution in [0.5, 0.6) is 0 Å². The minimum absolute atomic E-state index is 0.155. The van der Waals surface area contributed by atoms with Gasteiger partial charge in [0.15, 0.2) is 0 Å². The molecule has 1 rings (SSSR count). The number of rotatable bonds is 3. The van der Waals surface area contributed by atoms with Crippen molar-refractivity contribution in [2.75, 3.05) is 5.32 Å². The normalized spacial score (nSPS) is 10.3. The van der Waals surface area contributed by atoms with Crippen molar-refractivity contribution in [1.82, 2.24) is 4.98 Å². The Labute approximate surface area is 88.0 Å². The van der Waals surface area contributed by atoms with Crippen LogP contribution in [0.3, 0.4) is 0 Å². The van der Waals surface area contributed by atoms with E-state index in [2.05, 4.69) is 10.3 Å². The van der Waals surface area contributed by atoms with Crippen molar-refractivity contribution in [1.29, 1.82) is 0 Å². The van der Waals surface area contributed by atoms with Gasteiger partial charge in [0.25, 0.3) is 0 Å². The largest absolute Gasteiger partial charge is 0.311 e. The lowest BCUT2D eigenvalue weighted by Gasteiger charge is -2.04. The van der Waals surface area contributed by atoms with E-state index in [1.807, 2.05) is 6.92 Å². The van der Waals surface area contributed by atoms with E-state index in [1.54, 1.807) is 18.2 Å². The topological polar surface area (TPSA) is 59.1 Å². The van der Waals surface area contributed by atoms with Gasteiger partial charge in [0.2, 0.25) is 5.91 Å². The SMILES string of the molecule is CC(=O)Nc1ccc(C=CC=O)c(C)n1. The molecule has 0 aliphatic heterocycles. The molecular formula is C11H12N2O2. The number of aryl methyl sites for hydroxylation is 1. The highest BCUT2D eigenvalue weighted by atomic mass is 16.1. The van der Waals surface area contributed by atoms with E-state index in [1.165, 1.54) is 13.0 Å². The maximum absolute atomic E-state index is 10.8. The molecule has 0 spiro atoms. The smallest absolute Gasteiger partial charge is 0.222 e. The summed E-state index contributed by atoms with van der Waals surface area (Å²) in [5.41, 5.74) is 1.62. The average Bonchev–Trinajstić information content (AvgIpc) is 2.15. The van der Waals surface area contributed by atoms with Crippen molar-refractivity contribution >= 4 is 24.1 Å². The quantitative estimate of drug-likeness (QED) is 0.600. The summed E-state index contributed by atoms with van der Waals surface area (Å²) >= 11 is 0. The van der Waals surface area contributed by atoms with Gasteiger partial charge in [-0.3, -0.25) is 9.59 Å². The summed E-state index contributed by atoms with van der Waals surface area (Å²) in [4.78, 5) is 25.1. The van der Waals surface area contributed by atoms with Gasteiger partial charge >= 0.3 is 0 Å². The van der Waals surface area contributed by atoms with Crippen LogP contribution in [0.4, 0.5) is 5.82 Å². The van der Waals surface area contributed by atoms with Gasteiger partial charge < -0.3 is 5.32 Å². The molecular weight excluding hydrogens is 192 g/mol. The van der Waals surface area contributed by atoms with Crippen molar-refractivity contribution in [2.24, 2.45) is 0 Å². The summed E-state index contributed by atoms with van der Waals surface area (Å²) in [6.07, 6.45) is 3.79. The second-order valence-electron chi connectivity index (χ2n) is 3.05. The molecule has 0 fully saturated rings. The maximum Gasteiger partial charge on any atom is 0.222 e.